The van der Waals surface area contributed by atoms with E-state index < -0.39 is 57.6 Å². The largest absolute Gasteiger partial charge is 0.454 e. The van der Waals surface area contributed by atoms with Crippen LogP contribution < -0.4 is 15.4 Å². The van der Waals surface area contributed by atoms with Gasteiger partial charge in [0.1, 0.15) is 11.4 Å². The van der Waals surface area contributed by atoms with E-state index in [0.717, 1.165) is 18.2 Å². The number of alkyl halides is 6. The molecule has 2 amide bonds. The third-order valence-corrected chi connectivity index (χ3v) is 5.89. The second-order valence-electron chi connectivity index (χ2n) is 8.69. The van der Waals surface area contributed by atoms with Crippen LogP contribution in [0.5, 0.6) is 11.5 Å². The summed E-state index contributed by atoms with van der Waals surface area (Å²) >= 11 is 5.62. The van der Waals surface area contributed by atoms with Crippen LogP contribution in [0.2, 0.25) is 5.02 Å². The van der Waals surface area contributed by atoms with Crippen molar-refractivity contribution in [2.75, 3.05) is 11.9 Å². The van der Waals surface area contributed by atoms with Crippen LogP contribution in [0, 0.1) is 5.82 Å². The Bertz CT molecular complexity index is 1670. The van der Waals surface area contributed by atoms with Crippen LogP contribution in [0.1, 0.15) is 45.6 Å². The number of halogens is 8. The fourth-order valence-corrected chi connectivity index (χ4v) is 3.92. The summed E-state index contributed by atoms with van der Waals surface area (Å²) in [5.41, 5.74) is -5.06. The molecule has 0 atom stereocenters. The molecular formula is C26H18ClF7N6O3. The molecule has 4 rings (SSSR count). The predicted molar refractivity (Wildman–Crippen MR) is 138 cm³/mol. The van der Waals surface area contributed by atoms with Crippen molar-refractivity contribution in [3.63, 3.8) is 0 Å². The number of pyridine rings is 1. The number of ether oxygens (including phenoxy) is 1. The molecule has 2 heterocycles. The lowest BCUT2D eigenvalue weighted by Gasteiger charge is -2.14. The first-order chi connectivity index (χ1) is 20.2. The van der Waals surface area contributed by atoms with Crippen molar-refractivity contribution in [1.82, 2.24) is 25.3 Å². The Morgan fingerprint density at radius 3 is 2.35 bits per heavy atom. The number of aromatic nitrogens is 4. The lowest BCUT2D eigenvalue weighted by atomic mass is 10.2. The van der Waals surface area contributed by atoms with Crippen LogP contribution in [0.15, 0.2) is 54.7 Å². The quantitative estimate of drug-likeness (QED) is 0.210. The molecule has 0 unspecified atom stereocenters. The van der Waals surface area contributed by atoms with E-state index in [1.165, 1.54) is 18.3 Å². The van der Waals surface area contributed by atoms with E-state index in [0.29, 0.717) is 31.2 Å². The number of anilines is 1. The van der Waals surface area contributed by atoms with Gasteiger partial charge in [-0.3, -0.25) is 14.6 Å². The number of carbonyl (C=O) groups excluding carboxylic acids is 2. The van der Waals surface area contributed by atoms with Crippen LogP contribution in [0.4, 0.5) is 36.4 Å². The standard InChI is InChI=1S/C26H18ClF7N6O3/c1-2-8-36-23(41)19-12-15(7-9-35-19)43-20-6-3-13(10-18(20)28)37-24(42)21-22(26(32,33)34)40(39-38-21)14-4-5-16(17(27)11-14)25(29,30)31/h3-7,9-12H,2,8H2,1H3,(H,36,41)(H,37,42). The first kappa shape index (κ1) is 31.2. The number of benzene rings is 2. The molecule has 0 radical (unpaired) electrons. The molecule has 0 spiro atoms. The summed E-state index contributed by atoms with van der Waals surface area (Å²) in [5, 5.41) is 10.3. The summed E-state index contributed by atoms with van der Waals surface area (Å²) in [7, 11) is 0. The molecule has 17 heteroatoms. The van der Waals surface area contributed by atoms with Gasteiger partial charge in [-0.25, -0.2) is 9.07 Å². The van der Waals surface area contributed by atoms with Crippen molar-refractivity contribution in [2.24, 2.45) is 0 Å². The van der Waals surface area contributed by atoms with E-state index in [1.54, 1.807) is 0 Å². The normalized spacial score (nSPS) is 11.7. The number of amides is 2. The molecule has 0 saturated carbocycles. The molecule has 226 valence electrons. The molecular weight excluding hydrogens is 613 g/mol. The lowest BCUT2D eigenvalue weighted by molar-refractivity contribution is -0.143. The second-order valence-corrected chi connectivity index (χ2v) is 9.10. The lowest BCUT2D eigenvalue weighted by Crippen LogP contribution is -2.24. The monoisotopic (exact) mass is 630 g/mol. The highest BCUT2D eigenvalue weighted by Crippen LogP contribution is 2.38. The van der Waals surface area contributed by atoms with Gasteiger partial charge >= 0.3 is 12.4 Å². The van der Waals surface area contributed by atoms with Gasteiger partial charge in [0.15, 0.2) is 23.0 Å². The molecule has 0 saturated heterocycles. The summed E-state index contributed by atoms with van der Waals surface area (Å²) in [5.74, 6) is -3.22. The van der Waals surface area contributed by atoms with Crippen molar-refractivity contribution < 1.29 is 45.1 Å². The molecule has 0 aliphatic rings. The van der Waals surface area contributed by atoms with Crippen LogP contribution in [0.25, 0.3) is 5.69 Å². The maximum atomic E-state index is 14.8. The van der Waals surface area contributed by atoms with E-state index in [4.69, 9.17) is 16.3 Å². The van der Waals surface area contributed by atoms with Gasteiger partial charge in [0.05, 0.1) is 16.3 Å². The third kappa shape index (κ3) is 7.20. The van der Waals surface area contributed by atoms with Crippen molar-refractivity contribution >= 4 is 29.1 Å². The minimum atomic E-state index is -5.24. The average Bonchev–Trinajstić information content (AvgIpc) is 3.39. The van der Waals surface area contributed by atoms with Gasteiger partial charge in [-0.05, 0) is 42.8 Å². The highest BCUT2D eigenvalue weighted by molar-refractivity contribution is 6.31. The molecule has 0 aliphatic carbocycles. The minimum absolute atomic E-state index is 0.0160. The van der Waals surface area contributed by atoms with Gasteiger partial charge in [0.2, 0.25) is 0 Å². The van der Waals surface area contributed by atoms with Gasteiger partial charge in [0, 0.05) is 30.6 Å². The minimum Gasteiger partial charge on any atom is -0.454 e. The molecule has 43 heavy (non-hydrogen) atoms. The highest BCUT2D eigenvalue weighted by Gasteiger charge is 2.42. The first-order valence-corrected chi connectivity index (χ1v) is 12.5. The molecule has 0 aliphatic heterocycles. The number of rotatable bonds is 8. The maximum Gasteiger partial charge on any atom is 0.435 e. The Kier molecular flexibility index (Phi) is 8.89. The predicted octanol–water partition coefficient (Wildman–Crippen LogP) is 6.68. The van der Waals surface area contributed by atoms with E-state index in [-0.39, 0.29) is 27.6 Å². The average molecular weight is 631 g/mol. The fourth-order valence-electron chi connectivity index (χ4n) is 3.64. The summed E-state index contributed by atoms with van der Waals surface area (Å²) in [6, 6.07) is 7.32. The van der Waals surface area contributed by atoms with Crippen molar-refractivity contribution in [3.8, 4) is 17.2 Å². The number of nitrogens with zero attached hydrogens (tertiary/aromatic N) is 4. The van der Waals surface area contributed by atoms with E-state index in [9.17, 15) is 40.3 Å². The second kappa shape index (κ2) is 12.2. The number of hydrogen-bond donors (Lipinski definition) is 2. The Hall–Kier alpha value is -4.73. The van der Waals surface area contributed by atoms with Crippen LogP contribution in [0.3, 0.4) is 0 Å². The zero-order valence-corrected chi connectivity index (χ0v) is 22.4. The topological polar surface area (TPSA) is 111 Å². The smallest absolute Gasteiger partial charge is 0.435 e. The number of nitrogens with one attached hydrogen (secondary N) is 2. The molecule has 0 fully saturated rings. The van der Waals surface area contributed by atoms with Gasteiger partial charge in [0.25, 0.3) is 11.8 Å². The zero-order valence-electron chi connectivity index (χ0n) is 21.6. The van der Waals surface area contributed by atoms with E-state index >= 15 is 0 Å². The summed E-state index contributed by atoms with van der Waals surface area (Å²) in [6.07, 6.45) is -8.14. The SMILES string of the molecule is CCCNC(=O)c1cc(Oc2ccc(NC(=O)c3nnn(-c4ccc(C(F)(F)F)c(Cl)c4)c3C(F)(F)F)cc2F)ccn1. The Morgan fingerprint density at radius 2 is 1.72 bits per heavy atom. The molecule has 2 aromatic carbocycles. The molecule has 2 aromatic heterocycles. The van der Waals surface area contributed by atoms with Gasteiger partial charge in [-0.2, -0.15) is 26.3 Å². The number of carbonyl (C=O) groups is 2. The molecule has 9 nitrogen and oxygen atoms in total. The fraction of sp³-hybridized carbons (Fsp3) is 0.192. The maximum absolute atomic E-state index is 14.8. The Balaban J connectivity index is 1.56. The third-order valence-electron chi connectivity index (χ3n) is 5.57. The van der Waals surface area contributed by atoms with Crippen LogP contribution >= 0.6 is 11.6 Å². The Labute approximate surface area is 242 Å². The number of hydrogen-bond acceptors (Lipinski definition) is 6. The summed E-state index contributed by atoms with van der Waals surface area (Å²) < 4.78 is 101. The Morgan fingerprint density at radius 1 is 0.977 bits per heavy atom. The van der Waals surface area contributed by atoms with Crippen LogP contribution in [-0.4, -0.2) is 38.3 Å². The summed E-state index contributed by atoms with van der Waals surface area (Å²) in [6.45, 7) is 2.28. The molecule has 0 bridgehead atoms. The van der Waals surface area contributed by atoms with Crippen molar-refractivity contribution in [1.29, 1.82) is 0 Å². The van der Waals surface area contributed by atoms with Gasteiger partial charge in [-0.15, -0.1) is 5.10 Å². The van der Waals surface area contributed by atoms with Crippen molar-refractivity contribution in [2.45, 2.75) is 25.7 Å². The van der Waals surface area contributed by atoms with Crippen molar-refractivity contribution in [3.05, 3.63) is 88.2 Å². The van der Waals surface area contributed by atoms with E-state index in [2.05, 4.69) is 25.9 Å². The summed E-state index contributed by atoms with van der Waals surface area (Å²) in [4.78, 5) is 28.8. The van der Waals surface area contributed by atoms with E-state index in [1.807, 2.05) is 6.92 Å². The highest BCUT2D eigenvalue weighted by atomic mass is 35.5. The van der Waals surface area contributed by atoms with Gasteiger partial charge < -0.3 is 15.4 Å². The molecule has 2 N–H and O–H groups in total. The first-order valence-electron chi connectivity index (χ1n) is 12.1. The zero-order chi connectivity index (χ0) is 31.5. The van der Waals surface area contributed by atoms with Crippen LogP contribution in [-0.2, 0) is 12.4 Å². The molecule has 4 aromatic rings. The van der Waals surface area contributed by atoms with Gasteiger partial charge in [-0.1, -0.05) is 23.7 Å².